The van der Waals surface area contributed by atoms with E-state index in [-0.39, 0.29) is 11.7 Å². The second-order valence-corrected chi connectivity index (χ2v) is 4.36. The Morgan fingerprint density at radius 3 is 2.67 bits per heavy atom. The van der Waals surface area contributed by atoms with Crippen LogP contribution in [0.2, 0.25) is 0 Å². The van der Waals surface area contributed by atoms with Gasteiger partial charge < -0.3 is 10.4 Å². The third-order valence-corrected chi connectivity index (χ3v) is 2.85. The van der Waals surface area contributed by atoms with Crippen LogP contribution in [0.15, 0.2) is 61.1 Å². The largest absolute Gasteiger partial charge is 0.508 e. The Morgan fingerprint density at radius 1 is 1.14 bits per heavy atom. The summed E-state index contributed by atoms with van der Waals surface area (Å²) in [5.74, 6) is 0.521. The number of aromatic nitrogens is 3. The van der Waals surface area contributed by atoms with Gasteiger partial charge in [0.05, 0.1) is 18.1 Å². The number of amides is 1. The summed E-state index contributed by atoms with van der Waals surface area (Å²) in [6.07, 6.45) is 4.90. The molecule has 0 bridgehead atoms. The number of phenolic OH excluding ortho intramolecular Hbond substituents is 1. The van der Waals surface area contributed by atoms with Gasteiger partial charge in [0.2, 0.25) is 0 Å². The van der Waals surface area contributed by atoms with E-state index in [0.717, 1.165) is 0 Å². The summed E-state index contributed by atoms with van der Waals surface area (Å²) in [5.41, 5.74) is 1.03. The predicted octanol–water partition coefficient (Wildman–Crippen LogP) is 2.23. The number of nitrogens with zero attached hydrogens (tertiary/aromatic N) is 3. The second-order valence-electron chi connectivity index (χ2n) is 4.36. The number of rotatable bonds is 3. The Bertz CT molecular complexity index is 751. The molecule has 3 rings (SSSR count). The maximum absolute atomic E-state index is 12.0. The molecule has 0 aliphatic heterocycles. The quantitative estimate of drug-likeness (QED) is 0.771. The van der Waals surface area contributed by atoms with Crippen molar-refractivity contribution in [2.24, 2.45) is 0 Å². The van der Waals surface area contributed by atoms with Crippen molar-refractivity contribution >= 4 is 11.6 Å². The fourth-order valence-electron chi connectivity index (χ4n) is 1.82. The van der Waals surface area contributed by atoms with Gasteiger partial charge in [-0.15, -0.1) is 0 Å². The highest BCUT2D eigenvalue weighted by molar-refractivity contribution is 6.04. The molecule has 104 valence electrons. The number of phenols is 1. The van der Waals surface area contributed by atoms with Gasteiger partial charge in [-0.25, -0.2) is 9.67 Å². The van der Waals surface area contributed by atoms with Crippen LogP contribution >= 0.6 is 0 Å². The summed E-state index contributed by atoms with van der Waals surface area (Å²) >= 11 is 0. The van der Waals surface area contributed by atoms with E-state index in [0.29, 0.717) is 17.1 Å². The molecular weight excluding hydrogens is 268 g/mol. The first-order valence-electron chi connectivity index (χ1n) is 6.29. The van der Waals surface area contributed by atoms with Crippen molar-refractivity contribution < 1.29 is 9.90 Å². The van der Waals surface area contributed by atoms with Crippen LogP contribution in [0.1, 0.15) is 10.4 Å². The molecule has 0 saturated carbocycles. The monoisotopic (exact) mass is 280 g/mol. The first kappa shape index (κ1) is 12.9. The summed E-state index contributed by atoms with van der Waals surface area (Å²) in [6.45, 7) is 0. The third kappa shape index (κ3) is 2.89. The van der Waals surface area contributed by atoms with Crippen LogP contribution in [0.5, 0.6) is 5.75 Å². The van der Waals surface area contributed by atoms with Crippen LogP contribution in [0.4, 0.5) is 5.69 Å². The lowest BCUT2D eigenvalue weighted by molar-refractivity contribution is 0.102. The predicted molar refractivity (Wildman–Crippen MR) is 77.4 cm³/mol. The molecule has 0 radical (unpaired) electrons. The SMILES string of the molecule is O=C(Nc1cnn(-c2ccccn2)c1)c1ccc(O)cc1. The van der Waals surface area contributed by atoms with Gasteiger partial charge in [-0.3, -0.25) is 4.79 Å². The number of benzene rings is 1. The number of carbonyl (C=O) groups is 1. The molecule has 6 heteroatoms. The van der Waals surface area contributed by atoms with Gasteiger partial charge in [-0.05, 0) is 36.4 Å². The Kier molecular flexibility index (Phi) is 3.34. The second kappa shape index (κ2) is 5.46. The first-order valence-corrected chi connectivity index (χ1v) is 6.29. The molecule has 0 spiro atoms. The molecule has 2 N–H and O–H groups in total. The molecule has 0 aliphatic rings. The Hall–Kier alpha value is -3.15. The van der Waals surface area contributed by atoms with Crippen LogP contribution in [0.3, 0.4) is 0 Å². The molecule has 0 saturated heterocycles. The average Bonchev–Trinajstić information content (AvgIpc) is 2.97. The van der Waals surface area contributed by atoms with Crippen LogP contribution in [-0.4, -0.2) is 25.8 Å². The van der Waals surface area contributed by atoms with Gasteiger partial charge >= 0.3 is 0 Å². The van der Waals surface area contributed by atoms with Crippen LogP contribution in [0.25, 0.3) is 5.82 Å². The van der Waals surface area contributed by atoms with E-state index < -0.39 is 0 Å². The van der Waals surface area contributed by atoms with Gasteiger partial charge in [-0.2, -0.15) is 5.10 Å². The molecule has 2 aromatic heterocycles. The Balaban J connectivity index is 1.75. The third-order valence-electron chi connectivity index (χ3n) is 2.85. The number of anilines is 1. The van der Waals surface area contributed by atoms with Gasteiger partial charge in [0.25, 0.3) is 5.91 Å². The molecule has 6 nitrogen and oxygen atoms in total. The fraction of sp³-hybridized carbons (Fsp3) is 0. The summed E-state index contributed by atoms with van der Waals surface area (Å²) < 4.78 is 1.58. The van der Waals surface area contributed by atoms with Gasteiger partial charge in [0.15, 0.2) is 5.82 Å². The Morgan fingerprint density at radius 2 is 1.95 bits per heavy atom. The van der Waals surface area contributed by atoms with Crippen LogP contribution < -0.4 is 5.32 Å². The number of carbonyl (C=O) groups excluding carboxylic acids is 1. The molecule has 0 unspecified atom stereocenters. The maximum atomic E-state index is 12.0. The minimum absolute atomic E-state index is 0.120. The van der Waals surface area contributed by atoms with E-state index in [1.165, 1.54) is 12.1 Å². The molecule has 0 fully saturated rings. The van der Waals surface area contributed by atoms with Crippen LogP contribution in [-0.2, 0) is 0 Å². The van der Waals surface area contributed by atoms with Gasteiger partial charge in [0, 0.05) is 11.8 Å². The highest BCUT2D eigenvalue weighted by atomic mass is 16.3. The molecule has 1 amide bonds. The lowest BCUT2D eigenvalue weighted by Gasteiger charge is -2.02. The van der Waals surface area contributed by atoms with Crippen molar-refractivity contribution in [1.82, 2.24) is 14.8 Å². The van der Waals surface area contributed by atoms with E-state index >= 15 is 0 Å². The minimum Gasteiger partial charge on any atom is -0.508 e. The van der Waals surface area contributed by atoms with Crippen molar-refractivity contribution in [3.63, 3.8) is 0 Å². The van der Waals surface area contributed by atoms with Crippen LogP contribution in [0, 0.1) is 0 Å². The molecule has 0 aliphatic carbocycles. The number of hydrogen-bond donors (Lipinski definition) is 2. The zero-order valence-electron chi connectivity index (χ0n) is 11.0. The first-order chi connectivity index (χ1) is 10.2. The van der Waals surface area contributed by atoms with E-state index in [9.17, 15) is 9.90 Å². The lowest BCUT2D eigenvalue weighted by Crippen LogP contribution is -2.11. The molecule has 3 aromatic rings. The van der Waals surface area contributed by atoms with Crippen molar-refractivity contribution in [1.29, 1.82) is 0 Å². The maximum Gasteiger partial charge on any atom is 0.255 e. The zero-order chi connectivity index (χ0) is 14.7. The zero-order valence-corrected chi connectivity index (χ0v) is 11.0. The standard InChI is InChI=1S/C15H12N4O2/c20-13-6-4-11(5-7-13)15(21)18-12-9-17-19(10-12)14-3-1-2-8-16-14/h1-10,20H,(H,18,21). The van der Waals surface area contributed by atoms with Gasteiger partial charge in [-0.1, -0.05) is 6.07 Å². The van der Waals surface area contributed by atoms with Crippen molar-refractivity contribution in [2.45, 2.75) is 0 Å². The van der Waals surface area contributed by atoms with E-state index in [1.807, 2.05) is 18.2 Å². The molecular formula is C15H12N4O2. The van der Waals surface area contributed by atoms with E-state index in [4.69, 9.17) is 0 Å². The van der Waals surface area contributed by atoms with E-state index in [2.05, 4.69) is 15.4 Å². The summed E-state index contributed by atoms with van der Waals surface area (Å²) in [7, 11) is 0. The number of hydrogen-bond acceptors (Lipinski definition) is 4. The molecule has 21 heavy (non-hydrogen) atoms. The topological polar surface area (TPSA) is 80.0 Å². The van der Waals surface area contributed by atoms with Gasteiger partial charge in [0.1, 0.15) is 5.75 Å². The number of pyridine rings is 1. The molecule has 0 atom stereocenters. The van der Waals surface area contributed by atoms with Crippen molar-refractivity contribution in [3.8, 4) is 11.6 Å². The summed E-state index contributed by atoms with van der Waals surface area (Å²) in [6, 6.07) is 11.5. The fourth-order valence-corrected chi connectivity index (χ4v) is 1.82. The molecule has 1 aromatic carbocycles. The smallest absolute Gasteiger partial charge is 0.255 e. The van der Waals surface area contributed by atoms with Crippen molar-refractivity contribution in [3.05, 3.63) is 66.6 Å². The Labute approximate surface area is 120 Å². The number of aromatic hydroxyl groups is 1. The highest BCUT2D eigenvalue weighted by Crippen LogP contribution is 2.13. The van der Waals surface area contributed by atoms with Crippen molar-refractivity contribution in [2.75, 3.05) is 5.32 Å². The number of nitrogens with one attached hydrogen (secondary N) is 1. The lowest BCUT2D eigenvalue weighted by atomic mass is 10.2. The average molecular weight is 280 g/mol. The highest BCUT2D eigenvalue weighted by Gasteiger charge is 2.08. The normalized spacial score (nSPS) is 10.3. The minimum atomic E-state index is -0.268. The summed E-state index contributed by atoms with van der Waals surface area (Å²) in [5, 5.41) is 16.1. The molecule has 2 heterocycles. The summed E-state index contributed by atoms with van der Waals surface area (Å²) in [4.78, 5) is 16.2. The van der Waals surface area contributed by atoms with E-state index in [1.54, 1.807) is 35.4 Å².